The smallest absolute Gasteiger partial charge is 0.317 e. The molecule has 0 aromatic carbocycles. The molecule has 0 aromatic heterocycles. The summed E-state index contributed by atoms with van der Waals surface area (Å²) in [6.07, 6.45) is 2.77. The summed E-state index contributed by atoms with van der Waals surface area (Å²) < 4.78 is 0. The minimum atomic E-state index is 0.0909. The van der Waals surface area contributed by atoms with Gasteiger partial charge in [-0.3, -0.25) is 0 Å². The molecule has 0 atom stereocenters. The number of rotatable bonds is 5. The number of urea groups is 1. The van der Waals surface area contributed by atoms with Gasteiger partial charge in [-0.1, -0.05) is 0 Å². The molecule has 0 aromatic rings. The first-order chi connectivity index (χ1) is 6.36. The zero-order valence-electron chi connectivity index (χ0n) is 7.88. The molecule has 0 spiro atoms. The van der Waals surface area contributed by atoms with Crippen molar-refractivity contribution >= 4 is 6.03 Å². The first kappa shape index (κ1) is 8.81. The molecular weight excluding hydrogens is 166 g/mol. The minimum absolute atomic E-state index is 0.0909. The summed E-state index contributed by atoms with van der Waals surface area (Å²) >= 11 is 0. The second-order valence-electron chi connectivity index (χ2n) is 3.87. The van der Waals surface area contributed by atoms with Crippen LogP contribution >= 0.6 is 0 Å². The fraction of sp³-hybridized carbons (Fsp3) is 0.889. The standard InChI is InChI=1S/C9H17N3O/c13-9-11-4-6-12(9)5-3-10-7-8-1-2-8/h8,10H,1-7H2,(H,11,13). The number of amides is 2. The summed E-state index contributed by atoms with van der Waals surface area (Å²) in [5.74, 6) is 0.924. The normalized spacial score (nSPS) is 22.2. The summed E-state index contributed by atoms with van der Waals surface area (Å²) in [5, 5.41) is 6.16. The van der Waals surface area contributed by atoms with Gasteiger partial charge in [0.05, 0.1) is 0 Å². The first-order valence-corrected chi connectivity index (χ1v) is 5.10. The van der Waals surface area contributed by atoms with Crippen LogP contribution in [-0.4, -0.2) is 43.7 Å². The van der Waals surface area contributed by atoms with Gasteiger partial charge in [-0.25, -0.2) is 4.79 Å². The molecular formula is C9H17N3O. The summed E-state index contributed by atoms with van der Waals surface area (Å²) in [6, 6.07) is 0.0909. The Labute approximate surface area is 78.7 Å². The topological polar surface area (TPSA) is 44.4 Å². The van der Waals surface area contributed by atoms with Gasteiger partial charge in [-0.05, 0) is 25.3 Å². The van der Waals surface area contributed by atoms with E-state index in [0.29, 0.717) is 0 Å². The van der Waals surface area contributed by atoms with Crippen LogP contribution in [0.3, 0.4) is 0 Å². The number of nitrogens with one attached hydrogen (secondary N) is 2. The molecule has 4 heteroatoms. The predicted molar refractivity (Wildman–Crippen MR) is 50.6 cm³/mol. The molecule has 4 nitrogen and oxygen atoms in total. The number of hydrogen-bond acceptors (Lipinski definition) is 2. The van der Waals surface area contributed by atoms with Crippen molar-refractivity contribution in [1.29, 1.82) is 0 Å². The average molecular weight is 183 g/mol. The highest BCUT2D eigenvalue weighted by Crippen LogP contribution is 2.27. The van der Waals surface area contributed by atoms with Crippen molar-refractivity contribution in [3.63, 3.8) is 0 Å². The summed E-state index contributed by atoms with van der Waals surface area (Å²) in [4.78, 5) is 13.0. The van der Waals surface area contributed by atoms with Gasteiger partial charge >= 0.3 is 6.03 Å². The van der Waals surface area contributed by atoms with E-state index < -0.39 is 0 Å². The van der Waals surface area contributed by atoms with Crippen LogP contribution in [-0.2, 0) is 0 Å². The maximum Gasteiger partial charge on any atom is 0.317 e. The van der Waals surface area contributed by atoms with Crippen LogP contribution < -0.4 is 10.6 Å². The molecule has 2 aliphatic rings. The van der Waals surface area contributed by atoms with E-state index in [9.17, 15) is 4.79 Å². The van der Waals surface area contributed by atoms with Gasteiger partial charge in [0.2, 0.25) is 0 Å². The zero-order chi connectivity index (χ0) is 9.10. The van der Waals surface area contributed by atoms with E-state index in [0.717, 1.165) is 38.6 Å². The van der Waals surface area contributed by atoms with Crippen molar-refractivity contribution in [2.75, 3.05) is 32.7 Å². The second-order valence-corrected chi connectivity index (χ2v) is 3.87. The molecule has 2 fully saturated rings. The number of hydrogen-bond donors (Lipinski definition) is 2. The third-order valence-corrected chi connectivity index (χ3v) is 2.63. The van der Waals surface area contributed by atoms with Gasteiger partial charge in [0, 0.05) is 26.2 Å². The van der Waals surface area contributed by atoms with Crippen LogP contribution in [0.15, 0.2) is 0 Å². The Morgan fingerprint density at radius 3 is 3.00 bits per heavy atom. The summed E-state index contributed by atoms with van der Waals surface area (Å²) in [6.45, 7) is 4.59. The van der Waals surface area contributed by atoms with Crippen LogP contribution in [0.5, 0.6) is 0 Å². The third kappa shape index (κ3) is 2.59. The molecule has 0 radical (unpaired) electrons. The Hall–Kier alpha value is -0.770. The van der Waals surface area contributed by atoms with Crippen LogP contribution in [0.1, 0.15) is 12.8 Å². The van der Waals surface area contributed by atoms with E-state index in [2.05, 4.69) is 10.6 Å². The van der Waals surface area contributed by atoms with Crippen molar-refractivity contribution in [3.8, 4) is 0 Å². The highest BCUT2D eigenvalue weighted by atomic mass is 16.2. The summed E-state index contributed by atoms with van der Waals surface area (Å²) in [7, 11) is 0. The van der Waals surface area contributed by atoms with Gasteiger partial charge in [0.1, 0.15) is 0 Å². The molecule has 1 saturated heterocycles. The Morgan fingerprint density at radius 2 is 2.38 bits per heavy atom. The molecule has 2 amide bonds. The van der Waals surface area contributed by atoms with Crippen molar-refractivity contribution in [3.05, 3.63) is 0 Å². The van der Waals surface area contributed by atoms with Gasteiger partial charge in [-0.2, -0.15) is 0 Å². The molecule has 13 heavy (non-hydrogen) atoms. The minimum Gasteiger partial charge on any atom is -0.336 e. The fourth-order valence-corrected chi connectivity index (χ4v) is 1.57. The van der Waals surface area contributed by atoms with Gasteiger partial charge in [0.25, 0.3) is 0 Å². The molecule has 2 rings (SSSR count). The van der Waals surface area contributed by atoms with Gasteiger partial charge < -0.3 is 15.5 Å². The first-order valence-electron chi connectivity index (χ1n) is 5.10. The summed E-state index contributed by atoms with van der Waals surface area (Å²) in [5.41, 5.74) is 0. The van der Waals surface area contributed by atoms with Crippen molar-refractivity contribution in [2.45, 2.75) is 12.8 Å². The van der Waals surface area contributed by atoms with E-state index in [1.807, 2.05) is 4.90 Å². The number of carbonyl (C=O) groups excluding carboxylic acids is 1. The van der Waals surface area contributed by atoms with E-state index in [4.69, 9.17) is 0 Å². The SMILES string of the molecule is O=C1NCCN1CCNCC1CC1. The van der Waals surface area contributed by atoms with E-state index in [1.165, 1.54) is 12.8 Å². The molecule has 2 N–H and O–H groups in total. The van der Waals surface area contributed by atoms with Crippen LogP contribution in [0, 0.1) is 5.92 Å². The van der Waals surface area contributed by atoms with Gasteiger partial charge in [0.15, 0.2) is 0 Å². The van der Waals surface area contributed by atoms with Crippen molar-refractivity contribution < 1.29 is 4.79 Å². The monoisotopic (exact) mass is 183 g/mol. The van der Waals surface area contributed by atoms with Crippen LogP contribution in [0.4, 0.5) is 4.79 Å². The van der Waals surface area contributed by atoms with Crippen molar-refractivity contribution in [1.82, 2.24) is 15.5 Å². The van der Waals surface area contributed by atoms with E-state index >= 15 is 0 Å². The lowest BCUT2D eigenvalue weighted by Gasteiger charge is -2.13. The maximum absolute atomic E-state index is 11.1. The van der Waals surface area contributed by atoms with E-state index in [1.54, 1.807) is 0 Å². The predicted octanol–water partition coefficient (Wildman–Crippen LogP) is 0.0112. The van der Waals surface area contributed by atoms with Crippen LogP contribution in [0.2, 0.25) is 0 Å². The van der Waals surface area contributed by atoms with Gasteiger partial charge in [-0.15, -0.1) is 0 Å². The molecule has 0 bridgehead atoms. The second kappa shape index (κ2) is 3.96. The van der Waals surface area contributed by atoms with Crippen LogP contribution in [0.25, 0.3) is 0 Å². The number of carbonyl (C=O) groups is 1. The lowest BCUT2D eigenvalue weighted by molar-refractivity contribution is 0.217. The molecule has 1 aliphatic carbocycles. The third-order valence-electron chi connectivity index (χ3n) is 2.63. The molecule has 74 valence electrons. The van der Waals surface area contributed by atoms with Crippen molar-refractivity contribution in [2.24, 2.45) is 5.92 Å². The lowest BCUT2D eigenvalue weighted by Crippen LogP contribution is -2.35. The Kier molecular flexibility index (Phi) is 2.68. The Balaban J connectivity index is 1.53. The highest BCUT2D eigenvalue weighted by Gasteiger charge is 2.21. The zero-order valence-corrected chi connectivity index (χ0v) is 7.88. The number of nitrogens with zero attached hydrogens (tertiary/aromatic N) is 1. The Bertz CT molecular complexity index is 191. The average Bonchev–Trinajstić information content (AvgIpc) is 2.86. The van der Waals surface area contributed by atoms with E-state index in [-0.39, 0.29) is 6.03 Å². The quantitative estimate of drug-likeness (QED) is 0.590. The molecule has 1 saturated carbocycles. The lowest BCUT2D eigenvalue weighted by atomic mass is 10.4. The fourth-order valence-electron chi connectivity index (χ4n) is 1.57. The highest BCUT2D eigenvalue weighted by molar-refractivity contribution is 5.76. The molecule has 1 heterocycles. The molecule has 1 aliphatic heterocycles. The maximum atomic E-state index is 11.1. The Morgan fingerprint density at radius 1 is 1.54 bits per heavy atom. The largest absolute Gasteiger partial charge is 0.336 e. The molecule has 0 unspecified atom stereocenters.